The fraction of sp³-hybridized carbons (Fsp3) is 0.389. The molecule has 0 unspecified atom stereocenters. The largest absolute Gasteiger partial charge is 0.481 e. The van der Waals surface area contributed by atoms with Gasteiger partial charge in [-0.2, -0.15) is 5.10 Å². The van der Waals surface area contributed by atoms with Crippen molar-refractivity contribution < 1.29 is 13.9 Å². The molecule has 1 aromatic carbocycles. The van der Waals surface area contributed by atoms with Gasteiger partial charge in [0.2, 0.25) is 0 Å². The van der Waals surface area contributed by atoms with Gasteiger partial charge in [0.05, 0.1) is 11.9 Å². The molecule has 1 aliphatic rings. The zero-order valence-corrected chi connectivity index (χ0v) is 14.9. The minimum Gasteiger partial charge on any atom is -0.481 e. The van der Waals surface area contributed by atoms with E-state index in [4.69, 9.17) is 4.74 Å². The predicted molar refractivity (Wildman–Crippen MR) is 97.0 cm³/mol. The number of aromatic nitrogens is 2. The van der Waals surface area contributed by atoms with Crippen molar-refractivity contribution in [3.63, 3.8) is 0 Å². The molecule has 0 spiro atoms. The molecule has 3 rings (SSSR count). The second-order valence-electron chi connectivity index (χ2n) is 6.25. The van der Waals surface area contributed by atoms with Crippen LogP contribution in [-0.4, -0.2) is 67.9 Å². The summed E-state index contributed by atoms with van der Waals surface area (Å²) in [5.74, 6) is 0.270. The number of hydrogen-bond donors (Lipinski definition) is 0. The summed E-state index contributed by atoms with van der Waals surface area (Å²) in [6, 6.07) is 8.05. The monoisotopic (exact) mass is 359 g/mol. The van der Waals surface area contributed by atoms with Gasteiger partial charge in [-0.25, -0.2) is 4.39 Å². The van der Waals surface area contributed by atoms with E-state index in [1.807, 2.05) is 25.1 Å². The molecule has 1 aliphatic heterocycles. The highest BCUT2D eigenvalue weighted by Crippen LogP contribution is 2.19. The van der Waals surface area contributed by atoms with Crippen molar-refractivity contribution in [1.82, 2.24) is 15.1 Å². The standard InChI is InChI=1S/C18H22FN5O2/c1-22(2)14-11-17(21-20-12-14)23-7-9-24(10-8-23)18(25)13-26-16-6-4-3-5-15(16)19/h3-6,11-12H,7-10,13H2,1-2H3. The maximum atomic E-state index is 13.5. The van der Waals surface area contributed by atoms with Crippen LogP contribution in [-0.2, 0) is 4.79 Å². The first-order chi connectivity index (χ1) is 12.5. The van der Waals surface area contributed by atoms with Gasteiger partial charge in [0.25, 0.3) is 5.91 Å². The Hall–Kier alpha value is -2.90. The van der Waals surface area contributed by atoms with Crippen LogP contribution in [0.1, 0.15) is 0 Å². The average Bonchev–Trinajstić information content (AvgIpc) is 2.67. The number of nitrogens with zero attached hydrogens (tertiary/aromatic N) is 5. The molecular formula is C18H22FN5O2. The Labute approximate surface area is 152 Å². The van der Waals surface area contributed by atoms with Gasteiger partial charge in [-0.1, -0.05) is 12.1 Å². The molecule has 2 aromatic rings. The van der Waals surface area contributed by atoms with Crippen molar-refractivity contribution in [2.75, 3.05) is 56.7 Å². The molecule has 0 N–H and O–H groups in total. The Bertz CT molecular complexity index is 763. The smallest absolute Gasteiger partial charge is 0.260 e. The summed E-state index contributed by atoms with van der Waals surface area (Å²) < 4.78 is 18.8. The Morgan fingerprint density at radius 1 is 1.23 bits per heavy atom. The number of anilines is 2. The van der Waals surface area contributed by atoms with Crippen LogP contribution in [0.2, 0.25) is 0 Å². The van der Waals surface area contributed by atoms with E-state index in [-0.39, 0.29) is 18.3 Å². The highest BCUT2D eigenvalue weighted by atomic mass is 19.1. The summed E-state index contributed by atoms with van der Waals surface area (Å²) in [6.45, 7) is 2.28. The van der Waals surface area contributed by atoms with Crippen LogP contribution in [0.4, 0.5) is 15.9 Å². The summed E-state index contributed by atoms with van der Waals surface area (Å²) in [5, 5.41) is 8.22. The van der Waals surface area contributed by atoms with E-state index in [1.165, 1.54) is 12.1 Å². The normalized spacial score (nSPS) is 14.3. The van der Waals surface area contributed by atoms with Crippen molar-refractivity contribution in [2.24, 2.45) is 0 Å². The molecule has 8 heteroatoms. The van der Waals surface area contributed by atoms with Gasteiger partial charge in [0, 0.05) is 46.3 Å². The van der Waals surface area contributed by atoms with Crippen molar-refractivity contribution in [1.29, 1.82) is 0 Å². The van der Waals surface area contributed by atoms with Crippen LogP contribution in [0.25, 0.3) is 0 Å². The number of halogens is 1. The maximum absolute atomic E-state index is 13.5. The number of carbonyl (C=O) groups excluding carboxylic acids is 1. The number of piperazine rings is 1. The van der Waals surface area contributed by atoms with Crippen LogP contribution in [0.5, 0.6) is 5.75 Å². The third kappa shape index (κ3) is 4.19. The number of para-hydroxylation sites is 1. The summed E-state index contributed by atoms with van der Waals surface area (Å²) in [4.78, 5) is 18.1. The van der Waals surface area contributed by atoms with Gasteiger partial charge in [0.1, 0.15) is 0 Å². The maximum Gasteiger partial charge on any atom is 0.260 e. The van der Waals surface area contributed by atoms with Crippen LogP contribution < -0.4 is 14.5 Å². The van der Waals surface area contributed by atoms with Crippen LogP contribution in [0.15, 0.2) is 36.5 Å². The summed E-state index contributed by atoms with van der Waals surface area (Å²) in [6.07, 6.45) is 1.71. The molecule has 138 valence electrons. The second kappa shape index (κ2) is 7.99. The molecule has 1 saturated heterocycles. The molecular weight excluding hydrogens is 337 g/mol. The molecule has 0 radical (unpaired) electrons. The van der Waals surface area contributed by atoms with E-state index in [0.717, 1.165) is 11.5 Å². The fourth-order valence-electron chi connectivity index (χ4n) is 2.72. The average molecular weight is 359 g/mol. The van der Waals surface area contributed by atoms with Gasteiger partial charge >= 0.3 is 0 Å². The number of ether oxygens (including phenoxy) is 1. The number of hydrogen-bond acceptors (Lipinski definition) is 6. The summed E-state index contributed by atoms with van der Waals surface area (Å²) in [5.41, 5.74) is 0.979. The lowest BCUT2D eigenvalue weighted by atomic mass is 10.3. The number of benzene rings is 1. The molecule has 1 aromatic heterocycles. The Balaban J connectivity index is 1.52. The van der Waals surface area contributed by atoms with E-state index in [2.05, 4.69) is 15.1 Å². The van der Waals surface area contributed by atoms with E-state index < -0.39 is 5.82 Å². The van der Waals surface area contributed by atoms with Gasteiger partial charge in [-0.05, 0) is 12.1 Å². The second-order valence-corrected chi connectivity index (χ2v) is 6.25. The van der Waals surface area contributed by atoms with Gasteiger partial charge in [-0.3, -0.25) is 4.79 Å². The van der Waals surface area contributed by atoms with E-state index in [1.54, 1.807) is 23.2 Å². The quantitative estimate of drug-likeness (QED) is 0.804. The number of carbonyl (C=O) groups is 1. The Morgan fingerprint density at radius 3 is 2.65 bits per heavy atom. The van der Waals surface area contributed by atoms with Crippen LogP contribution in [0.3, 0.4) is 0 Å². The Kier molecular flexibility index (Phi) is 5.50. The SMILES string of the molecule is CN(C)c1cnnc(N2CCN(C(=O)COc3ccccc3F)CC2)c1. The molecule has 1 amide bonds. The first-order valence-corrected chi connectivity index (χ1v) is 8.44. The van der Waals surface area contributed by atoms with E-state index in [0.29, 0.717) is 26.2 Å². The lowest BCUT2D eigenvalue weighted by molar-refractivity contribution is -0.133. The van der Waals surface area contributed by atoms with Crippen molar-refractivity contribution in [3.8, 4) is 5.75 Å². The third-order valence-corrected chi connectivity index (χ3v) is 4.29. The lowest BCUT2D eigenvalue weighted by Crippen LogP contribution is -2.50. The highest BCUT2D eigenvalue weighted by molar-refractivity contribution is 5.78. The predicted octanol–water partition coefficient (Wildman–Crippen LogP) is 1.41. The lowest BCUT2D eigenvalue weighted by Gasteiger charge is -2.35. The summed E-state index contributed by atoms with van der Waals surface area (Å²) >= 11 is 0. The molecule has 0 saturated carbocycles. The third-order valence-electron chi connectivity index (χ3n) is 4.29. The van der Waals surface area contributed by atoms with Crippen LogP contribution in [0, 0.1) is 5.82 Å². The Morgan fingerprint density at radius 2 is 1.96 bits per heavy atom. The van der Waals surface area contributed by atoms with Gasteiger partial charge < -0.3 is 19.4 Å². The first kappa shape index (κ1) is 17.9. The molecule has 1 fully saturated rings. The molecule has 7 nitrogen and oxygen atoms in total. The first-order valence-electron chi connectivity index (χ1n) is 8.44. The molecule has 0 aliphatic carbocycles. The number of rotatable bonds is 5. The minimum atomic E-state index is -0.468. The zero-order valence-electron chi connectivity index (χ0n) is 14.9. The fourth-order valence-corrected chi connectivity index (χ4v) is 2.72. The van der Waals surface area contributed by atoms with Gasteiger partial charge in [-0.15, -0.1) is 5.10 Å². The van der Waals surface area contributed by atoms with E-state index in [9.17, 15) is 9.18 Å². The molecule has 0 bridgehead atoms. The molecule has 0 atom stereocenters. The van der Waals surface area contributed by atoms with Gasteiger partial charge in [0.15, 0.2) is 24.0 Å². The van der Waals surface area contributed by atoms with Crippen molar-refractivity contribution >= 4 is 17.4 Å². The zero-order chi connectivity index (χ0) is 18.5. The van der Waals surface area contributed by atoms with Crippen LogP contribution >= 0.6 is 0 Å². The van der Waals surface area contributed by atoms with Crippen molar-refractivity contribution in [2.45, 2.75) is 0 Å². The van der Waals surface area contributed by atoms with E-state index >= 15 is 0 Å². The molecule has 2 heterocycles. The number of amides is 1. The molecule has 26 heavy (non-hydrogen) atoms. The topological polar surface area (TPSA) is 61.8 Å². The van der Waals surface area contributed by atoms with Crippen molar-refractivity contribution in [3.05, 3.63) is 42.3 Å². The summed E-state index contributed by atoms with van der Waals surface area (Å²) in [7, 11) is 3.90. The minimum absolute atomic E-state index is 0.0928. The highest BCUT2D eigenvalue weighted by Gasteiger charge is 2.23.